The Morgan fingerprint density at radius 1 is 1.21 bits per heavy atom. The van der Waals surface area contributed by atoms with E-state index in [2.05, 4.69) is 15.5 Å². The van der Waals surface area contributed by atoms with Gasteiger partial charge in [0.1, 0.15) is 9.71 Å². The molecular weight excluding hydrogens is 413 g/mol. The zero-order valence-corrected chi connectivity index (χ0v) is 16.4. The predicted molar refractivity (Wildman–Crippen MR) is 101 cm³/mol. The summed E-state index contributed by atoms with van der Waals surface area (Å²) in [6, 6.07) is 5.01. The summed E-state index contributed by atoms with van der Waals surface area (Å²) in [6.07, 6.45) is 0. The second kappa shape index (κ2) is 7.47. The van der Waals surface area contributed by atoms with Crippen molar-refractivity contribution >= 4 is 43.9 Å². The summed E-state index contributed by atoms with van der Waals surface area (Å²) >= 11 is 1.12. The molecule has 1 aromatic carbocycles. The molecule has 0 fully saturated rings. The van der Waals surface area contributed by atoms with E-state index >= 15 is 0 Å². The number of nitrogen functional groups attached to an aromatic ring is 1. The number of hydrogen-bond acceptors (Lipinski definition) is 6. The molecule has 28 heavy (non-hydrogen) atoms. The number of alkyl halides is 3. The number of aromatic nitrogens is 2. The highest BCUT2D eigenvalue weighted by atomic mass is 32.2. The van der Waals surface area contributed by atoms with Crippen molar-refractivity contribution < 1.29 is 22.2 Å². The fraction of sp³-hybridized carbons (Fsp3) is 0.235. The number of rotatable bonds is 4. The first-order valence-electron chi connectivity index (χ1n) is 7.97. The van der Waals surface area contributed by atoms with Gasteiger partial charge >= 0.3 is 5.51 Å². The number of carbonyl (C=O) groups excluding carboxylic acids is 1. The van der Waals surface area contributed by atoms with Crippen LogP contribution in [0.25, 0.3) is 10.2 Å². The van der Waals surface area contributed by atoms with Crippen LogP contribution in [0, 0.1) is 13.8 Å². The van der Waals surface area contributed by atoms with Crippen molar-refractivity contribution in [1.29, 1.82) is 0 Å². The number of benzene rings is 1. The lowest BCUT2D eigenvalue weighted by molar-refractivity contribution is -0.0384. The van der Waals surface area contributed by atoms with Gasteiger partial charge in [-0.15, -0.1) is 16.4 Å². The van der Waals surface area contributed by atoms with Gasteiger partial charge in [0.2, 0.25) is 0 Å². The van der Waals surface area contributed by atoms with Crippen LogP contribution < -0.4 is 11.1 Å². The van der Waals surface area contributed by atoms with Gasteiger partial charge in [0, 0.05) is 16.8 Å². The average Bonchev–Trinajstić information content (AvgIpc) is 2.99. The van der Waals surface area contributed by atoms with E-state index in [9.17, 15) is 22.2 Å². The molecule has 0 spiro atoms. The SMILES string of the molecule is Cc1nnc2sc(C(=O)NCc3ccc(S(=O)C(F)(F)F)cc3)c(N)c2c1C. The molecule has 3 N–H and O–H groups in total. The lowest BCUT2D eigenvalue weighted by Crippen LogP contribution is -2.22. The summed E-state index contributed by atoms with van der Waals surface area (Å²) in [7, 11) is -3.08. The summed E-state index contributed by atoms with van der Waals surface area (Å²) in [5.41, 5.74) is 3.76. The first-order valence-corrected chi connectivity index (χ1v) is 9.93. The molecule has 6 nitrogen and oxygen atoms in total. The number of fused-ring (bicyclic) bond motifs is 1. The van der Waals surface area contributed by atoms with Crippen molar-refractivity contribution in [2.24, 2.45) is 0 Å². The minimum Gasteiger partial charge on any atom is -0.397 e. The van der Waals surface area contributed by atoms with E-state index in [1.807, 2.05) is 6.92 Å². The van der Waals surface area contributed by atoms with E-state index in [1.165, 1.54) is 12.1 Å². The summed E-state index contributed by atoms with van der Waals surface area (Å²) < 4.78 is 48.7. The summed E-state index contributed by atoms with van der Waals surface area (Å²) in [5.74, 6) is -0.416. The van der Waals surface area contributed by atoms with Crippen molar-refractivity contribution in [1.82, 2.24) is 15.5 Å². The maximum atomic E-state index is 12.5. The molecule has 3 aromatic rings. The molecule has 148 valence electrons. The molecule has 0 radical (unpaired) electrons. The van der Waals surface area contributed by atoms with Crippen molar-refractivity contribution in [3.8, 4) is 0 Å². The van der Waals surface area contributed by atoms with Crippen molar-refractivity contribution in [3.63, 3.8) is 0 Å². The molecule has 3 rings (SSSR count). The van der Waals surface area contributed by atoms with Crippen LogP contribution in [0.2, 0.25) is 0 Å². The van der Waals surface area contributed by atoms with Gasteiger partial charge in [-0.05, 0) is 37.1 Å². The third kappa shape index (κ3) is 3.85. The van der Waals surface area contributed by atoms with E-state index in [1.54, 1.807) is 6.92 Å². The Labute approximate surface area is 164 Å². The predicted octanol–water partition coefficient (Wildman–Crippen LogP) is 3.45. The van der Waals surface area contributed by atoms with Crippen LogP contribution in [0.5, 0.6) is 0 Å². The molecule has 0 aliphatic heterocycles. The lowest BCUT2D eigenvalue weighted by Gasteiger charge is -2.08. The number of amides is 1. The summed E-state index contributed by atoms with van der Waals surface area (Å²) in [6.45, 7) is 3.73. The number of aryl methyl sites for hydroxylation is 2. The average molecular weight is 428 g/mol. The van der Waals surface area contributed by atoms with Crippen LogP contribution >= 0.6 is 11.3 Å². The third-order valence-electron chi connectivity index (χ3n) is 4.14. The molecule has 1 amide bonds. The molecule has 2 heterocycles. The molecule has 0 saturated carbocycles. The topological polar surface area (TPSA) is 98.0 Å². The quantitative estimate of drug-likeness (QED) is 0.663. The van der Waals surface area contributed by atoms with Crippen LogP contribution in [0.1, 0.15) is 26.5 Å². The van der Waals surface area contributed by atoms with Gasteiger partial charge in [0.25, 0.3) is 5.91 Å². The number of nitrogens with one attached hydrogen (secondary N) is 1. The van der Waals surface area contributed by atoms with Crippen LogP contribution in [-0.4, -0.2) is 25.8 Å². The molecule has 1 unspecified atom stereocenters. The molecule has 1 atom stereocenters. The smallest absolute Gasteiger partial charge is 0.397 e. The second-order valence-electron chi connectivity index (χ2n) is 5.98. The summed E-state index contributed by atoms with van der Waals surface area (Å²) in [4.78, 5) is 13.0. The number of halogens is 3. The number of nitrogens with zero attached hydrogens (tertiary/aromatic N) is 2. The molecule has 0 saturated heterocycles. The Morgan fingerprint density at radius 3 is 2.46 bits per heavy atom. The van der Waals surface area contributed by atoms with Crippen LogP contribution in [-0.2, 0) is 17.3 Å². The number of thiophene rings is 1. The van der Waals surface area contributed by atoms with E-state index < -0.39 is 22.2 Å². The number of carbonyl (C=O) groups is 1. The van der Waals surface area contributed by atoms with Crippen LogP contribution in [0.4, 0.5) is 18.9 Å². The fourth-order valence-electron chi connectivity index (χ4n) is 2.54. The highest BCUT2D eigenvalue weighted by molar-refractivity contribution is 7.86. The normalized spacial score (nSPS) is 12.9. The van der Waals surface area contributed by atoms with E-state index in [0.29, 0.717) is 26.3 Å². The van der Waals surface area contributed by atoms with Gasteiger partial charge < -0.3 is 11.1 Å². The molecular formula is C17H15F3N4O2S2. The molecule has 0 bridgehead atoms. The first-order chi connectivity index (χ1) is 13.1. The first kappa shape index (κ1) is 20.2. The highest BCUT2D eigenvalue weighted by Crippen LogP contribution is 2.34. The molecule has 0 aliphatic rings. The summed E-state index contributed by atoms with van der Waals surface area (Å²) in [5, 5.41) is 11.5. The van der Waals surface area contributed by atoms with Crippen molar-refractivity contribution in [2.75, 3.05) is 5.73 Å². The molecule has 0 aliphatic carbocycles. The number of anilines is 1. The number of nitrogens with two attached hydrogens (primary N) is 1. The second-order valence-corrected chi connectivity index (χ2v) is 8.45. The number of hydrogen-bond donors (Lipinski definition) is 2. The highest BCUT2D eigenvalue weighted by Gasteiger charge is 2.37. The lowest BCUT2D eigenvalue weighted by atomic mass is 10.1. The van der Waals surface area contributed by atoms with Gasteiger partial charge in [-0.25, -0.2) is 4.21 Å². The largest absolute Gasteiger partial charge is 0.475 e. The Balaban J connectivity index is 1.74. The monoisotopic (exact) mass is 428 g/mol. The van der Waals surface area contributed by atoms with E-state index in [0.717, 1.165) is 34.7 Å². The minimum absolute atomic E-state index is 0.0785. The van der Waals surface area contributed by atoms with Gasteiger partial charge in [-0.1, -0.05) is 12.1 Å². The van der Waals surface area contributed by atoms with Crippen molar-refractivity contribution in [2.45, 2.75) is 30.8 Å². The Kier molecular flexibility index (Phi) is 5.39. The van der Waals surface area contributed by atoms with Gasteiger partial charge in [-0.2, -0.15) is 18.3 Å². The van der Waals surface area contributed by atoms with E-state index in [4.69, 9.17) is 5.73 Å². The maximum absolute atomic E-state index is 12.5. The van der Waals surface area contributed by atoms with Crippen LogP contribution in [0.3, 0.4) is 0 Å². The standard InChI is InChI=1S/C17H15F3N4O2S2/c1-8-9(2)23-24-16-12(8)13(21)14(27-16)15(25)22-7-10-3-5-11(6-4-10)28(26)17(18,19)20/h3-6H,7,21H2,1-2H3,(H,22,25). The zero-order valence-electron chi connectivity index (χ0n) is 14.8. The molecule has 2 aromatic heterocycles. The van der Waals surface area contributed by atoms with Gasteiger partial charge in [0.05, 0.1) is 11.4 Å². The minimum atomic E-state index is -4.81. The Morgan fingerprint density at radius 2 is 1.86 bits per heavy atom. The Hall–Kier alpha value is -2.53. The Bertz CT molecular complexity index is 1080. The van der Waals surface area contributed by atoms with Crippen molar-refractivity contribution in [3.05, 3.63) is 46.0 Å². The maximum Gasteiger partial charge on any atom is 0.475 e. The molecule has 11 heteroatoms. The fourth-order valence-corrected chi connectivity index (χ4v) is 4.20. The van der Waals surface area contributed by atoms with Gasteiger partial charge in [-0.3, -0.25) is 4.79 Å². The van der Waals surface area contributed by atoms with Crippen LogP contribution in [0.15, 0.2) is 29.2 Å². The van der Waals surface area contributed by atoms with Gasteiger partial charge in [0.15, 0.2) is 10.8 Å². The van der Waals surface area contributed by atoms with E-state index in [-0.39, 0.29) is 11.4 Å². The zero-order chi connectivity index (χ0) is 20.6. The third-order valence-corrected chi connectivity index (χ3v) is 6.35.